The average Bonchev–Trinajstić information content (AvgIpc) is 2.39. The molecule has 0 aromatic heterocycles. The summed E-state index contributed by atoms with van der Waals surface area (Å²) in [4.78, 5) is 1.06. The first kappa shape index (κ1) is 14.4. The van der Waals surface area contributed by atoms with Crippen LogP contribution in [0.4, 0.5) is 0 Å². The van der Waals surface area contributed by atoms with Gasteiger partial charge < -0.3 is 4.57 Å². The lowest BCUT2D eigenvalue weighted by Crippen LogP contribution is -2.20. The Hall–Kier alpha value is -0.980. The summed E-state index contributed by atoms with van der Waals surface area (Å²) in [6.07, 6.45) is -2.56. The Balaban J connectivity index is 2.46. The van der Waals surface area contributed by atoms with Crippen LogP contribution in [0.5, 0.6) is 0 Å². The molecule has 1 atom stereocenters. The lowest BCUT2D eigenvalue weighted by atomic mass is 10.3. The highest BCUT2D eigenvalue weighted by molar-refractivity contribution is 8.60. The Morgan fingerprint density at radius 3 is 1.79 bits per heavy atom. The maximum atomic E-state index is 13.6. The molecule has 0 N–H and O–H groups in total. The first-order chi connectivity index (χ1) is 8.93. The molecule has 0 bridgehead atoms. The number of hydrogen-bond donors (Lipinski definition) is 0. The van der Waals surface area contributed by atoms with Crippen molar-refractivity contribution in [2.75, 3.05) is 0 Å². The van der Waals surface area contributed by atoms with Crippen molar-refractivity contribution in [3.05, 3.63) is 60.7 Å². The first-order valence-electron chi connectivity index (χ1n) is 6.34. The molecule has 0 saturated heterocycles. The minimum Gasteiger partial charge on any atom is -0.306 e. The molecule has 0 aliphatic heterocycles. The summed E-state index contributed by atoms with van der Waals surface area (Å²) in [6, 6.07) is 19.8. The van der Waals surface area contributed by atoms with E-state index >= 15 is 0 Å². The summed E-state index contributed by atoms with van der Waals surface area (Å²) in [5, 5.41) is 0.672. The van der Waals surface area contributed by atoms with Gasteiger partial charge >= 0.3 is 0 Å². The zero-order chi connectivity index (χ0) is 13.9. The Labute approximate surface area is 119 Å². The van der Waals surface area contributed by atoms with Gasteiger partial charge in [0.15, 0.2) is 6.34 Å². The van der Waals surface area contributed by atoms with E-state index in [-0.39, 0.29) is 5.16 Å². The van der Waals surface area contributed by atoms with E-state index < -0.39 is 6.34 Å². The Kier molecular flexibility index (Phi) is 4.23. The van der Waals surface area contributed by atoms with Crippen molar-refractivity contribution in [1.29, 1.82) is 0 Å². The Morgan fingerprint density at radius 2 is 1.32 bits per heavy atom. The molecule has 0 unspecified atom stereocenters. The van der Waals surface area contributed by atoms with Crippen LogP contribution in [0.15, 0.2) is 65.6 Å². The average molecular weight is 290 g/mol. The van der Waals surface area contributed by atoms with E-state index in [0.717, 1.165) is 10.2 Å². The van der Waals surface area contributed by atoms with Crippen LogP contribution in [0.1, 0.15) is 20.8 Å². The van der Waals surface area contributed by atoms with Crippen molar-refractivity contribution in [2.24, 2.45) is 0 Å². The molecule has 2 aromatic carbocycles. The lowest BCUT2D eigenvalue weighted by Gasteiger charge is -2.30. The van der Waals surface area contributed by atoms with Crippen LogP contribution in [0.3, 0.4) is 0 Å². The van der Waals surface area contributed by atoms with Crippen LogP contribution in [0.2, 0.25) is 0 Å². The van der Waals surface area contributed by atoms with Crippen molar-refractivity contribution in [1.82, 2.24) is 0 Å². The van der Waals surface area contributed by atoms with Gasteiger partial charge in [0.1, 0.15) is 0 Å². The standard InChI is InChI=1S/C16H19OPS/c1-16(2,3)18(17,14-10-6-4-7-11-14)19-15-12-8-5-9-13-15/h4-13H,1-3H3/t18-/m1/s1. The fourth-order valence-corrected chi connectivity index (χ4v) is 6.88. The van der Waals surface area contributed by atoms with Gasteiger partial charge in [-0.05, 0) is 12.1 Å². The number of benzene rings is 2. The van der Waals surface area contributed by atoms with Crippen molar-refractivity contribution in [3.63, 3.8) is 0 Å². The summed E-state index contributed by atoms with van der Waals surface area (Å²) in [5.74, 6) is 0. The topological polar surface area (TPSA) is 17.1 Å². The molecular weight excluding hydrogens is 271 g/mol. The fraction of sp³-hybridized carbons (Fsp3) is 0.250. The predicted molar refractivity (Wildman–Crippen MR) is 85.7 cm³/mol. The largest absolute Gasteiger partial charge is 0.306 e. The highest BCUT2D eigenvalue weighted by Crippen LogP contribution is 2.68. The maximum Gasteiger partial charge on any atom is 0.176 e. The minimum absolute atomic E-state index is 0.269. The lowest BCUT2D eigenvalue weighted by molar-refractivity contribution is 0.568. The van der Waals surface area contributed by atoms with Crippen LogP contribution >= 0.6 is 17.7 Å². The zero-order valence-electron chi connectivity index (χ0n) is 11.5. The normalized spacial score (nSPS) is 14.9. The second-order valence-electron chi connectivity index (χ2n) is 5.46. The maximum absolute atomic E-state index is 13.6. The van der Waals surface area contributed by atoms with Gasteiger partial charge in [0, 0.05) is 15.4 Å². The van der Waals surface area contributed by atoms with Crippen LogP contribution < -0.4 is 5.30 Å². The molecule has 0 spiro atoms. The molecule has 100 valence electrons. The summed E-state index contributed by atoms with van der Waals surface area (Å²) >= 11 is 1.51. The van der Waals surface area contributed by atoms with Crippen LogP contribution in [0.25, 0.3) is 0 Å². The molecule has 0 fully saturated rings. The van der Waals surface area contributed by atoms with Gasteiger partial charge in [-0.3, -0.25) is 0 Å². The summed E-state index contributed by atoms with van der Waals surface area (Å²) < 4.78 is 13.6. The SMILES string of the molecule is CC(C)(C)[P@](=O)(Sc1ccccc1)c1ccccc1. The van der Waals surface area contributed by atoms with Crippen LogP contribution in [0, 0.1) is 0 Å². The molecule has 3 heteroatoms. The van der Waals surface area contributed by atoms with E-state index in [4.69, 9.17) is 0 Å². The zero-order valence-corrected chi connectivity index (χ0v) is 13.2. The third-order valence-electron chi connectivity index (χ3n) is 2.96. The molecular formula is C16H19OPS. The molecule has 19 heavy (non-hydrogen) atoms. The molecule has 1 nitrogen and oxygen atoms in total. The van der Waals surface area contributed by atoms with E-state index in [0.29, 0.717) is 0 Å². The van der Waals surface area contributed by atoms with E-state index in [1.807, 2.05) is 60.7 Å². The monoisotopic (exact) mass is 290 g/mol. The van der Waals surface area contributed by atoms with Gasteiger partial charge in [-0.25, -0.2) is 0 Å². The van der Waals surface area contributed by atoms with Crippen molar-refractivity contribution in [2.45, 2.75) is 30.8 Å². The van der Waals surface area contributed by atoms with Crippen molar-refractivity contribution in [3.8, 4) is 0 Å². The molecule has 0 saturated carbocycles. The van der Waals surface area contributed by atoms with Crippen molar-refractivity contribution < 1.29 is 4.57 Å². The number of hydrogen-bond acceptors (Lipinski definition) is 2. The highest BCUT2D eigenvalue weighted by atomic mass is 32.7. The summed E-state index contributed by atoms with van der Waals surface area (Å²) in [5.41, 5.74) is 0. The van der Waals surface area contributed by atoms with E-state index in [9.17, 15) is 4.57 Å². The van der Waals surface area contributed by atoms with Gasteiger partial charge in [0.05, 0.1) is 0 Å². The van der Waals surface area contributed by atoms with Gasteiger partial charge in [0.25, 0.3) is 0 Å². The quantitative estimate of drug-likeness (QED) is 0.724. The van der Waals surface area contributed by atoms with Crippen LogP contribution in [-0.2, 0) is 4.57 Å². The van der Waals surface area contributed by atoms with E-state index in [2.05, 4.69) is 20.8 Å². The second kappa shape index (κ2) is 5.56. The molecule has 2 rings (SSSR count). The molecule has 0 radical (unpaired) electrons. The molecule has 2 aromatic rings. The Bertz CT molecular complexity index is 573. The predicted octanol–water partition coefficient (Wildman–Crippen LogP) is 5.18. The van der Waals surface area contributed by atoms with Gasteiger partial charge in [-0.15, -0.1) is 0 Å². The molecule has 0 aliphatic rings. The van der Waals surface area contributed by atoms with Crippen molar-refractivity contribution >= 4 is 23.0 Å². The molecule has 0 heterocycles. The minimum atomic E-state index is -2.56. The highest BCUT2D eigenvalue weighted by Gasteiger charge is 2.39. The van der Waals surface area contributed by atoms with Gasteiger partial charge in [0.2, 0.25) is 0 Å². The Morgan fingerprint density at radius 1 is 0.842 bits per heavy atom. The van der Waals surface area contributed by atoms with Gasteiger partial charge in [-0.2, -0.15) is 0 Å². The van der Waals surface area contributed by atoms with Crippen LogP contribution in [-0.4, -0.2) is 5.16 Å². The van der Waals surface area contributed by atoms with E-state index in [1.54, 1.807) is 0 Å². The summed E-state index contributed by atoms with van der Waals surface area (Å²) in [7, 11) is 0. The third-order valence-corrected chi connectivity index (χ3v) is 10.1. The third kappa shape index (κ3) is 3.13. The second-order valence-corrected chi connectivity index (χ2v) is 11.2. The van der Waals surface area contributed by atoms with E-state index in [1.165, 1.54) is 11.4 Å². The smallest absolute Gasteiger partial charge is 0.176 e. The molecule has 0 amide bonds. The van der Waals surface area contributed by atoms with Gasteiger partial charge in [-0.1, -0.05) is 80.7 Å². The summed E-state index contributed by atoms with van der Waals surface area (Å²) in [6.45, 7) is 6.16. The number of rotatable bonds is 3. The fourth-order valence-electron chi connectivity index (χ4n) is 1.83. The first-order valence-corrected chi connectivity index (χ1v) is 9.47. The molecule has 0 aliphatic carbocycles.